The third kappa shape index (κ3) is 3.89. The first-order valence-corrected chi connectivity index (χ1v) is 8.55. The molecular formula is C16H15ClN2O3S. The Morgan fingerprint density at radius 3 is 3.04 bits per heavy atom. The number of esters is 1. The first-order chi connectivity index (χ1) is 11.1. The van der Waals surface area contributed by atoms with E-state index in [1.165, 1.54) is 11.3 Å². The van der Waals surface area contributed by atoms with E-state index in [2.05, 4.69) is 4.98 Å². The number of thiazole rings is 1. The van der Waals surface area contributed by atoms with E-state index in [0.717, 1.165) is 18.5 Å². The lowest BCUT2D eigenvalue weighted by Gasteiger charge is -2.14. The van der Waals surface area contributed by atoms with Crippen LogP contribution in [-0.4, -0.2) is 41.5 Å². The van der Waals surface area contributed by atoms with Gasteiger partial charge in [0, 0.05) is 28.9 Å². The Labute approximate surface area is 142 Å². The number of carbonyl (C=O) groups excluding carboxylic acids is 2. The summed E-state index contributed by atoms with van der Waals surface area (Å²) in [6.45, 7) is 1.37. The normalized spacial score (nSPS) is 14.3. The maximum atomic E-state index is 12.0. The van der Waals surface area contributed by atoms with Crippen LogP contribution in [0.2, 0.25) is 5.02 Å². The summed E-state index contributed by atoms with van der Waals surface area (Å²) in [6.07, 6.45) is 1.46. The van der Waals surface area contributed by atoms with Gasteiger partial charge in [0.05, 0.1) is 6.54 Å². The van der Waals surface area contributed by atoms with E-state index in [9.17, 15) is 9.59 Å². The van der Waals surface area contributed by atoms with Gasteiger partial charge in [0.1, 0.15) is 11.6 Å². The van der Waals surface area contributed by atoms with E-state index in [4.69, 9.17) is 16.3 Å². The molecule has 5 nitrogen and oxygen atoms in total. The molecule has 1 amide bonds. The molecule has 0 spiro atoms. The van der Waals surface area contributed by atoms with Gasteiger partial charge in [-0.2, -0.15) is 0 Å². The van der Waals surface area contributed by atoms with Crippen LogP contribution in [0.1, 0.15) is 23.3 Å². The van der Waals surface area contributed by atoms with Crippen LogP contribution in [-0.2, 0) is 9.53 Å². The standard InChI is InChI=1S/C16H15ClN2O3S/c17-12-4-1-3-11(9-12)15-18-13(10-23-15)16(21)22-8-7-19-6-2-5-14(19)20/h1,3-4,9-10H,2,5-8H2. The first kappa shape index (κ1) is 16.0. The van der Waals surface area contributed by atoms with E-state index < -0.39 is 5.97 Å². The van der Waals surface area contributed by atoms with Gasteiger partial charge in [0.25, 0.3) is 0 Å². The average Bonchev–Trinajstić information content (AvgIpc) is 3.17. The number of halogens is 1. The molecule has 3 rings (SSSR count). The van der Waals surface area contributed by atoms with E-state index in [0.29, 0.717) is 23.0 Å². The van der Waals surface area contributed by atoms with Crippen molar-refractivity contribution >= 4 is 34.8 Å². The number of hydrogen-bond acceptors (Lipinski definition) is 5. The average molecular weight is 351 g/mol. The number of hydrogen-bond donors (Lipinski definition) is 0. The van der Waals surface area contributed by atoms with Gasteiger partial charge < -0.3 is 9.64 Å². The Morgan fingerprint density at radius 2 is 2.30 bits per heavy atom. The number of rotatable bonds is 5. The Balaban J connectivity index is 1.57. The van der Waals surface area contributed by atoms with E-state index in [-0.39, 0.29) is 18.2 Å². The minimum absolute atomic E-state index is 0.123. The fourth-order valence-electron chi connectivity index (χ4n) is 2.38. The number of benzene rings is 1. The molecule has 23 heavy (non-hydrogen) atoms. The van der Waals surface area contributed by atoms with Crippen molar-refractivity contribution in [3.05, 3.63) is 40.4 Å². The van der Waals surface area contributed by atoms with Crippen LogP contribution >= 0.6 is 22.9 Å². The van der Waals surface area contributed by atoms with Gasteiger partial charge in [0.2, 0.25) is 5.91 Å². The number of nitrogens with zero attached hydrogens (tertiary/aromatic N) is 2. The molecule has 1 saturated heterocycles. The van der Waals surface area contributed by atoms with Crippen molar-refractivity contribution < 1.29 is 14.3 Å². The zero-order valence-corrected chi connectivity index (χ0v) is 13.9. The van der Waals surface area contributed by atoms with Crippen molar-refractivity contribution in [1.29, 1.82) is 0 Å². The SMILES string of the molecule is O=C(OCCN1CCCC1=O)c1csc(-c2cccc(Cl)c2)n1. The summed E-state index contributed by atoms with van der Waals surface area (Å²) in [4.78, 5) is 29.5. The summed E-state index contributed by atoms with van der Waals surface area (Å²) < 4.78 is 5.20. The highest BCUT2D eigenvalue weighted by molar-refractivity contribution is 7.13. The number of ether oxygens (including phenoxy) is 1. The molecule has 2 heterocycles. The number of likely N-dealkylation sites (tertiary alicyclic amines) is 1. The van der Waals surface area contributed by atoms with Crippen molar-refractivity contribution in [3.8, 4) is 10.6 Å². The number of amides is 1. The molecule has 0 bridgehead atoms. The molecule has 1 aromatic heterocycles. The van der Waals surface area contributed by atoms with Gasteiger partial charge in [-0.1, -0.05) is 23.7 Å². The van der Waals surface area contributed by atoms with Gasteiger partial charge in [-0.15, -0.1) is 11.3 Å². The largest absolute Gasteiger partial charge is 0.459 e. The summed E-state index contributed by atoms with van der Waals surface area (Å²) in [5.41, 5.74) is 1.14. The smallest absolute Gasteiger partial charge is 0.357 e. The lowest BCUT2D eigenvalue weighted by molar-refractivity contribution is -0.128. The first-order valence-electron chi connectivity index (χ1n) is 7.30. The van der Waals surface area contributed by atoms with Crippen molar-refractivity contribution in [3.63, 3.8) is 0 Å². The lowest BCUT2D eigenvalue weighted by Crippen LogP contribution is -2.29. The number of carbonyl (C=O) groups is 2. The summed E-state index contributed by atoms with van der Waals surface area (Å²) in [5, 5.41) is 3.01. The molecule has 0 radical (unpaired) electrons. The molecule has 0 saturated carbocycles. The van der Waals surface area contributed by atoms with Crippen LogP contribution in [0, 0.1) is 0 Å². The van der Waals surface area contributed by atoms with Crippen molar-refractivity contribution in [1.82, 2.24) is 9.88 Å². The molecule has 0 atom stereocenters. The van der Waals surface area contributed by atoms with Crippen LogP contribution in [0.3, 0.4) is 0 Å². The molecule has 1 aliphatic rings. The van der Waals surface area contributed by atoms with Gasteiger partial charge >= 0.3 is 5.97 Å². The maximum absolute atomic E-state index is 12.0. The van der Waals surface area contributed by atoms with E-state index in [1.54, 1.807) is 22.4 Å². The van der Waals surface area contributed by atoms with Crippen LogP contribution in [0.25, 0.3) is 10.6 Å². The predicted molar refractivity (Wildman–Crippen MR) is 88.7 cm³/mol. The quantitative estimate of drug-likeness (QED) is 0.777. The van der Waals surface area contributed by atoms with Crippen LogP contribution < -0.4 is 0 Å². The second kappa shape index (κ2) is 7.10. The Bertz CT molecular complexity index is 732. The molecule has 2 aromatic rings. The zero-order chi connectivity index (χ0) is 16.2. The van der Waals surface area contributed by atoms with Gasteiger partial charge in [-0.25, -0.2) is 9.78 Å². The second-order valence-electron chi connectivity index (χ2n) is 5.17. The second-order valence-corrected chi connectivity index (χ2v) is 6.46. The predicted octanol–water partition coefficient (Wildman–Crippen LogP) is 3.24. The minimum atomic E-state index is -0.471. The zero-order valence-electron chi connectivity index (χ0n) is 12.3. The maximum Gasteiger partial charge on any atom is 0.357 e. The topological polar surface area (TPSA) is 59.5 Å². The molecule has 0 aliphatic carbocycles. The van der Waals surface area contributed by atoms with E-state index in [1.807, 2.05) is 12.1 Å². The lowest BCUT2D eigenvalue weighted by atomic mass is 10.2. The fourth-order valence-corrected chi connectivity index (χ4v) is 3.36. The van der Waals surface area contributed by atoms with Crippen LogP contribution in [0.5, 0.6) is 0 Å². The highest BCUT2D eigenvalue weighted by atomic mass is 35.5. The molecule has 0 unspecified atom stereocenters. The third-order valence-corrected chi connectivity index (χ3v) is 4.68. The van der Waals surface area contributed by atoms with Crippen molar-refractivity contribution in [2.45, 2.75) is 12.8 Å². The summed E-state index contributed by atoms with van der Waals surface area (Å²) >= 11 is 7.32. The minimum Gasteiger partial charge on any atom is -0.459 e. The van der Waals surface area contributed by atoms with Gasteiger partial charge in [-0.05, 0) is 18.6 Å². The molecule has 1 aliphatic heterocycles. The monoisotopic (exact) mass is 350 g/mol. The molecule has 1 aromatic carbocycles. The summed E-state index contributed by atoms with van der Waals surface area (Å²) in [6, 6.07) is 7.31. The molecule has 1 fully saturated rings. The molecule has 0 N–H and O–H groups in total. The fraction of sp³-hybridized carbons (Fsp3) is 0.312. The van der Waals surface area contributed by atoms with Gasteiger partial charge in [-0.3, -0.25) is 4.79 Å². The Kier molecular flexibility index (Phi) is 4.93. The summed E-state index contributed by atoms with van der Waals surface area (Å²) in [5.74, 6) is -0.348. The van der Waals surface area contributed by atoms with E-state index >= 15 is 0 Å². The van der Waals surface area contributed by atoms with Crippen molar-refractivity contribution in [2.24, 2.45) is 0 Å². The molecular weight excluding hydrogens is 336 g/mol. The van der Waals surface area contributed by atoms with Crippen LogP contribution in [0.15, 0.2) is 29.6 Å². The highest BCUT2D eigenvalue weighted by Gasteiger charge is 2.20. The van der Waals surface area contributed by atoms with Gasteiger partial charge in [0.15, 0.2) is 5.69 Å². The molecule has 7 heteroatoms. The third-order valence-electron chi connectivity index (χ3n) is 3.55. The Hall–Kier alpha value is -1.92. The van der Waals surface area contributed by atoms with Crippen molar-refractivity contribution in [2.75, 3.05) is 19.7 Å². The van der Waals surface area contributed by atoms with Crippen LogP contribution in [0.4, 0.5) is 0 Å². The highest BCUT2D eigenvalue weighted by Crippen LogP contribution is 2.26. The number of aromatic nitrogens is 1. The molecule has 120 valence electrons. The summed E-state index contributed by atoms with van der Waals surface area (Å²) in [7, 11) is 0. The Morgan fingerprint density at radius 1 is 1.43 bits per heavy atom.